The molecule has 0 spiro atoms. The van der Waals surface area contributed by atoms with Crippen molar-refractivity contribution in [1.29, 1.82) is 0 Å². The Morgan fingerprint density at radius 3 is 2.42 bits per heavy atom. The number of nitrogens with one attached hydrogen (secondary N) is 2. The average molecular weight is 264 g/mol. The summed E-state index contributed by atoms with van der Waals surface area (Å²) < 4.78 is 5.40. The minimum atomic E-state index is -0.172. The van der Waals surface area contributed by atoms with Crippen molar-refractivity contribution in [1.82, 2.24) is 5.32 Å². The Bertz CT molecular complexity index is 396. The lowest BCUT2D eigenvalue weighted by molar-refractivity contribution is 0.0775. The molecule has 0 saturated heterocycles. The molecule has 4 heteroatoms. The Labute approximate surface area is 115 Å². The first kappa shape index (κ1) is 15.5. The quantitative estimate of drug-likeness (QED) is 0.775. The Kier molecular flexibility index (Phi) is 6.36. The third-order valence-electron chi connectivity index (χ3n) is 2.54. The normalized spacial score (nSPS) is 10.6. The van der Waals surface area contributed by atoms with Gasteiger partial charge in [-0.1, -0.05) is 6.07 Å². The number of carbonyl (C=O) groups excluding carboxylic acids is 1. The Hall–Kier alpha value is -1.55. The van der Waals surface area contributed by atoms with Gasteiger partial charge in [-0.15, -0.1) is 0 Å². The molecule has 0 atom stereocenters. The van der Waals surface area contributed by atoms with Crippen LogP contribution in [0.15, 0.2) is 18.2 Å². The lowest BCUT2D eigenvalue weighted by Gasteiger charge is -2.10. The van der Waals surface area contributed by atoms with E-state index >= 15 is 0 Å². The molecule has 0 aliphatic rings. The van der Waals surface area contributed by atoms with Crippen molar-refractivity contribution in [3.63, 3.8) is 0 Å². The largest absolute Gasteiger partial charge is 0.379 e. The minimum Gasteiger partial charge on any atom is -0.379 e. The third-order valence-corrected chi connectivity index (χ3v) is 2.54. The van der Waals surface area contributed by atoms with Gasteiger partial charge in [-0.3, -0.25) is 0 Å². The van der Waals surface area contributed by atoms with Gasteiger partial charge in [0.2, 0.25) is 0 Å². The highest BCUT2D eigenvalue weighted by molar-refractivity contribution is 5.89. The molecule has 0 bridgehead atoms. The van der Waals surface area contributed by atoms with E-state index in [-0.39, 0.29) is 12.1 Å². The van der Waals surface area contributed by atoms with Crippen LogP contribution in [0, 0.1) is 13.8 Å². The highest BCUT2D eigenvalue weighted by atomic mass is 16.5. The van der Waals surface area contributed by atoms with E-state index < -0.39 is 0 Å². The maximum absolute atomic E-state index is 11.7. The van der Waals surface area contributed by atoms with Crippen molar-refractivity contribution in [3.8, 4) is 0 Å². The van der Waals surface area contributed by atoms with E-state index in [1.807, 2.05) is 39.8 Å². The second-order valence-corrected chi connectivity index (χ2v) is 5.03. The van der Waals surface area contributed by atoms with E-state index in [9.17, 15) is 4.79 Å². The molecule has 2 amide bonds. The zero-order valence-corrected chi connectivity index (χ0v) is 12.2. The lowest BCUT2D eigenvalue weighted by Crippen LogP contribution is -2.30. The number of urea groups is 1. The molecule has 0 aliphatic carbocycles. The SMILES string of the molecule is Cc1cc(C)cc(NC(=O)NCCCOC(C)C)c1. The second kappa shape index (κ2) is 7.79. The van der Waals surface area contributed by atoms with Gasteiger partial charge in [-0.2, -0.15) is 0 Å². The van der Waals surface area contributed by atoms with Gasteiger partial charge in [0.25, 0.3) is 0 Å². The average Bonchev–Trinajstić information content (AvgIpc) is 2.26. The smallest absolute Gasteiger partial charge is 0.319 e. The molecule has 1 rings (SSSR count). The first-order chi connectivity index (χ1) is 8.97. The van der Waals surface area contributed by atoms with Crippen molar-refractivity contribution in [2.24, 2.45) is 0 Å². The first-order valence-electron chi connectivity index (χ1n) is 6.72. The number of amides is 2. The maximum atomic E-state index is 11.7. The fourth-order valence-corrected chi connectivity index (χ4v) is 1.82. The van der Waals surface area contributed by atoms with Gasteiger partial charge in [-0.05, 0) is 57.4 Å². The molecule has 0 unspecified atom stereocenters. The molecule has 0 aromatic heterocycles. The zero-order chi connectivity index (χ0) is 14.3. The Morgan fingerprint density at radius 2 is 1.84 bits per heavy atom. The summed E-state index contributed by atoms with van der Waals surface area (Å²) in [6.07, 6.45) is 1.06. The third kappa shape index (κ3) is 6.82. The highest BCUT2D eigenvalue weighted by Crippen LogP contribution is 2.13. The van der Waals surface area contributed by atoms with Gasteiger partial charge in [0.1, 0.15) is 0 Å². The van der Waals surface area contributed by atoms with Crippen molar-refractivity contribution in [3.05, 3.63) is 29.3 Å². The summed E-state index contributed by atoms with van der Waals surface area (Å²) in [5.74, 6) is 0. The van der Waals surface area contributed by atoms with E-state index in [4.69, 9.17) is 4.74 Å². The molecule has 1 aromatic carbocycles. The predicted octanol–water partition coefficient (Wildman–Crippen LogP) is 3.24. The summed E-state index contributed by atoms with van der Waals surface area (Å²) in [4.78, 5) is 11.7. The van der Waals surface area contributed by atoms with Crippen molar-refractivity contribution >= 4 is 11.7 Å². The fraction of sp³-hybridized carbons (Fsp3) is 0.533. The van der Waals surface area contributed by atoms with E-state index in [1.165, 1.54) is 0 Å². The first-order valence-corrected chi connectivity index (χ1v) is 6.72. The van der Waals surface area contributed by atoms with Gasteiger partial charge in [0.15, 0.2) is 0 Å². The number of aryl methyl sites for hydroxylation is 2. The summed E-state index contributed by atoms with van der Waals surface area (Å²) in [6, 6.07) is 5.81. The van der Waals surface area contributed by atoms with Crippen LogP contribution in [-0.2, 0) is 4.74 Å². The number of carbonyl (C=O) groups is 1. The number of anilines is 1. The molecule has 106 valence electrons. The summed E-state index contributed by atoms with van der Waals surface area (Å²) in [5.41, 5.74) is 3.11. The number of benzene rings is 1. The molecular weight excluding hydrogens is 240 g/mol. The minimum absolute atomic E-state index is 0.172. The molecule has 0 aliphatic heterocycles. The summed E-state index contributed by atoms with van der Waals surface area (Å²) >= 11 is 0. The van der Waals surface area contributed by atoms with Gasteiger partial charge < -0.3 is 15.4 Å². The molecular formula is C15H24N2O2. The molecule has 0 saturated carbocycles. The molecule has 0 heterocycles. The van der Waals surface area contributed by atoms with Crippen LogP contribution in [0.1, 0.15) is 31.4 Å². The second-order valence-electron chi connectivity index (χ2n) is 5.03. The van der Waals surface area contributed by atoms with Crippen LogP contribution in [0.2, 0.25) is 0 Å². The van der Waals surface area contributed by atoms with Gasteiger partial charge in [0.05, 0.1) is 6.10 Å². The predicted molar refractivity (Wildman–Crippen MR) is 78.6 cm³/mol. The molecule has 1 aromatic rings. The van der Waals surface area contributed by atoms with Crippen molar-refractivity contribution in [2.45, 2.75) is 40.2 Å². The van der Waals surface area contributed by atoms with E-state index in [0.29, 0.717) is 13.2 Å². The van der Waals surface area contributed by atoms with E-state index in [1.54, 1.807) is 0 Å². The maximum Gasteiger partial charge on any atom is 0.319 e. The number of rotatable bonds is 6. The molecule has 0 fully saturated rings. The Balaban J connectivity index is 2.27. The molecule has 4 nitrogen and oxygen atoms in total. The topological polar surface area (TPSA) is 50.4 Å². The monoisotopic (exact) mass is 264 g/mol. The summed E-state index contributed by atoms with van der Waals surface area (Å²) in [5, 5.41) is 5.65. The van der Waals surface area contributed by atoms with E-state index in [2.05, 4.69) is 16.7 Å². The lowest BCUT2D eigenvalue weighted by atomic mass is 10.1. The summed E-state index contributed by atoms with van der Waals surface area (Å²) in [6.45, 7) is 9.31. The van der Waals surface area contributed by atoms with Crippen LogP contribution in [0.4, 0.5) is 10.5 Å². The Morgan fingerprint density at radius 1 is 1.21 bits per heavy atom. The standard InChI is InChI=1S/C15H24N2O2/c1-11(2)19-7-5-6-16-15(18)17-14-9-12(3)8-13(4)10-14/h8-11H,5-7H2,1-4H3,(H2,16,17,18). The number of hydrogen-bond donors (Lipinski definition) is 2. The zero-order valence-electron chi connectivity index (χ0n) is 12.2. The molecule has 19 heavy (non-hydrogen) atoms. The summed E-state index contributed by atoms with van der Waals surface area (Å²) in [7, 11) is 0. The van der Waals surface area contributed by atoms with Crippen LogP contribution in [-0.4, -0.2) is 25.3 Å². The van der Waals surface area contributed by atoms with Gasteiger partial charge in [0, 0.05) is 18.8 Å². The molecule has 0 radical (unpaired) electrons. The van der Waals surface area contributed by atoms with Gasteiger partial charge in [-0.25, -0.2) is 4.79 Å². The van der Waals surface area contributed by atoms with E-state index in [0.717, 1.165) is 23.2 Å². The molecule has 2 N–H and O–H groups in total. The van der Waals surface area contributed by atoms with Crippen LogP contribution < -0.4 is 10.6 Å². The van der Waals surface area contributed by atoms with Crippen molar-refractivity contribution < 1.29 is 9.53 Å². The fourth-order valence-electron chi connectivity index (χ4n) is 1.82. The highest BCUT2D eigenvalue weighted by Gasteiger charge is 2.02. The van der Waals surface area contributed by atoms with Crippen LogP contribution in [0.25, 0.3) is 0 Å². The van der Waals surface area contributed by atoms with Crippen LogP contribution in [0.5, 0.6) is 0 Å². The van der Waals surface area contributed by atoms with Crippen LogP contribution >= 0.6 is 0 Å². The van der Waals surface area contributed by atoms with Crippen LogP contribution in [0.3, 0.4) is 0 Å². The number of hydrogen-bond acceptors (Lipinski definition) is 2. The van der Waals surface area contributed by atoms with Crippen molar-refractivity contribution in [2.75, 3.05) is 18.5 Å². The van der Waals surface area contributed by atoms with Gasteiger partial charge >= 0.3 is 6.03 Å². The number of ether oxygens (including phenoxy) is 1.